The molecule has 1 aromatic heterocycles. The fourth-order valence-electron chi connectivity index (χ4n) is 1.75. The zero-order valence-corrected chi connectivity index (χ0v) is 10.1. The van der Waals surface area contributed by atoms with Gasteiger partial charge in [0.15, 0.2) is 6.29 Å². The Kier molecular flexibility index (Phi) is 3.96. The molecule has 1 atom stereocenters. The fraction of sp³-hybridized carbons (Fsp3) is 0.500. The van der Waals surface area contributed by atoms with Crippen LogP contribution in [0.3, 0.4) is 0 Å². The van der Waals surface area contributed by atoms with E-state index in [0.29, 0.717) is 11.7 Å². The number of ether oxygens (including phenoxy) is 1. The number of aryl methyl sites for hydroxylation is 1. The molecule has 0 bridgehead atoms. The first-order chi connectivity index (χ1) is 7.79. The summed E-state index contributed by atoms with van der Waals surface area (Å²) >= 11 is 1.71. The van der Waals surface area contributed by atoms with Crippen LogP contribution in [-0.4, -0.2) is 29.7 Å². The van der Waals surface area contributed by atoms with E-state index in [4.69, 9.17) is 4.74 Å². The van der Waals surface area contributed by atoms with Gasteiger partial charge in [0, 0.05) is 24.1 Å². The third-order valence-electron chi connectivity index (χ3n) is 2.62. The van der Waals surface area contributed by atoms with Gasteiger partial charge in [0.25, 0.3) is 0 Å². The van der Waals surface area contributed by atoms with Gasteiger partial charge >= 0.3 is 0 Å². The Hall–Kier alpha value is -0.870. The molecule has 0 saturated carbocycles. The quantitative estimate of drug-likeness (QED) is 0.595. The predicted octanol–water partition coefficient (Wildman–Crippen LogP) is 2.47. The number of hydrogen-bond acceptors (Lipinski definition) is 4. The van der Waals surface area contributed by atoms with Gasteiger partial charge in [-0.05, 0) is 31.4 Å². The first-order valence-electron chi connectivity index (χ1n) is 5.46. The van der Waals surface area contributed by atoms with Crippen molar-refractivity contribution in [2.75, 3.05) is 12.4 Å². The van der Waals surface area contributed by atoms with E-state index < -0.39 is 0 Å². The Morgan fingerprint density at radius 1 is 1.69 bits per heavy atom. The molecule has 0 spiro atoms. The van der Waals surface area contributed by atoms with E-state index >= 15 is 0 Å². The summed E-state index contributed by atoms with van der Waals surface area (Å²) in [4.78, 5) is 14.9. The minimum Gasteiger partial charge on any atom is -0.377 e. The van der Waals surface area contributed by atoms with Crippen LogP contribution in [0.2, 0.25) is 0 Å². The molecule has 0 N–H and O–H groups in total. The molecule has 86 valence electrons. The van der Waals surface area contributed by atoms with Crippen molar-refractivity contribution >= 4 is 18.0 Å². The molecule has 1 unspecified atom stereocenters. The smallest absolute Gasteiger partial charge is 0.151 e. The Morgan fingerprint density at radius 3 is 3.19 bits per heavy atom. The molecule has 0 aromatic carbocycles. The van der Waals surface area contributed by atoms with Crippen LogP contribution >= 0.6 is 11.8 Å². The third kappa shape index (κ3) is 2.83. The average Bonchev–Trinajstić information content (AvgIpc) is 2.80. The Morgan fingerprint density at radius 2 is 2.56 bits per heavy atom. The van der Waals surface area contributed by atoms with Gasteiger partial charge in [-0.2, -0.15) is 0 Å². The summed E-state index contributed by atoms with van der Waals surface area (Å²) in [5.74, 6) is 0.953. The van der Waals surface area contributed by atoms with E-state index in [-0.39, 0.29) is 0 Å². The number of pyridine rings is 1. The van der Waals surface area contributed by atoms with Gasteiger partial charge in [0.2, 0.25) is 0 Å². The van der Waals surface area contributed by atoms with E-state index in [1.54, 1.807) is 18.0 Å². The molecule has 3 nitrogen and oxygen atoms in total. The third-order valence-corrected chi connectivity index (χ3v) is 3.86. The number of thioether (sulfide) groups is 1. The Bertz CT molecular complexity index is 375. The molecule has 1 saturated heterocycles. The topological polar surface area (TPSA) is 39.2 Å². The Labute approximate surface area is 99.6 Å². The number of hydrogen-bond donors (Lipinski definition) is 0. The fourth-order valence-corrected chi connectivity index (χ4v) is 2.77. The second-order valence-corrected chi connectivity index (χ2v) is 4.96. The second-order valence-electron chi connectivity index (χ2n) is 3.95. The SMILES string of the molecule is Cc1cc(C=O)cnc1SCC1CCCO1. The zero-order valence-electron chi connectivity index (χ0n) is 9.31. The molecule has 0 radical (unpaired) electrons. The minimum atomic E-state index is 0.372. The van der Waals surface area contributed by atoms with Crippen molar-refractivity contribution in [3.8, 4) is 0 Å². The van der Waals surface area contributed by atoms with Crippen molar-refractivity contribution < 1.29 is 9.53 Å². The van der Waals surface area contributed by atoms with Gasteiger partial charge in [-0.3, -0.25) is 4.79 Å². The van der Waals surface area contributed by atoms with Crippen LogP contribution < -0.4 is 0 Å². The van der Waals surface area contributed by atoms with Crippen LogP contribution in [-0.2, 0) is 4.74 Å². The van der Waals surface area contributed by atoms with E-state index in [1.807, 2.05) is 13.0 Å². The van der Waals surface area contributed by atoms with Gasteiger partial charge in [0.05, 0.1) is 11.1 Å². The van der Waals surface area contributed by atoms with Gasteiger partial charge in [-0.25, -0.2) is 4.98 Å². The van der Waals surface area contributed by atoms with Crippen LogP contribution in [0.5, 0.6) is 0 Å². The second kappa shape index (κ2) is 5.46. The Balaban J connectivity index is 1.95. The van der Waals surface area contributed by atoms with Crippen molar-refractivity contribution in [2.24, 2.45) is 0 Å². The number of carbonyl (C=O) groups excluding carboxylic acids is 1. The number of rotatable bonds is 4. The highest BCUT2D eigenvalue weighted by Gasteiger charge is 2.16. The molecule has 4 heteroatoms. The number of aromatic nitrogens is 1. The first kappa shape index (κ1) is 11.6. The van der Waals surface area contributed by atoms with Crippen LogP contribution in [0.1, 0.15) is 28.8 Å². The van der Waals surface area contributed by atoms with Gasteiger partial charge in [-0.15, -0.1) is 11.8 Å². The van der Waals surface area contributed by atoms with Gasteiger partial charge in [0.1, 0.15) is 0 Å². The lowest BCUT2D eigenvalue weighted by atomic mass is 10.2. The van der Waals surface area contributed by atoms with Crippen LogP contribution in [0, 0.1) is 6.92 Å². The molecule has 2 rings (SSSR count). The van der Waals surface area contributed by atoms with Crippen molar-refractivity contribution in [3.05, 3.63) is 23.4 Å². The maximum Gasteiger partial charge on any atom is 0.151 e. The summed E-state index contributed by atoms with van der Waals surface area (Å²) < 4.78 is 5.55. The molecule has 1 aliphatic rings. The maximum absolute atomic E-state index is 10.6. The van der Waals surface area contributed by atoms with E-state index in [1.165, 1.54) is 6.42 Å². The van der Waals surface area contributed by atoms with Crippen molar-refractivity contribution in [2.45, 2.75) is 30.9 Å². The monoisotopic (exact) mass is 237 g/mol. The average molecular weight is 237 g/mol. The minimum absolute atomic E-state index is 0.372. The summed E-state index contributed by atoms with van der Waals surface area (Å²) in [5, 5.41) is 1.00. The molecule has 2 heterocycles. The van der Waals surface area contributed by atoms with Crippen molar-refractivity contribution in [3.63, 3.8) is 0 Å². The molecular formula is C12H15NO2S. The van der Waals surface area contributed by atoms with Crippen molar-refractivity contribution in [1.29, 1.82) is 0 Å². The molecule has 0 amide bonds. The van der Waals surface area contributed by atoms with Gasteiger partial charge < -0.3 is 4.74 Å². The highest BCUT2D eigenvalue weighted by atomic mass is 32.2. The van der Waals surface area contributed by atoms with Crippen LogP contribution in [0.25, 0.3) is 0 Å². The summed E-state index contributed by atoms with van der Waals surface area (Å²) in [7, 11) is 0. The van der Waals surface area contributed by atoms with Crippen LogP contribution in [0.4, 0.5) is 0 Å². The summed E-state index contributed by atoms with van der Waals surface area (Å²) in [6.07, 6.45) is 5.14. The molecule has 1 fully saturated rings. The number of nitrogens with zero attached hydrogens (tertiary/aromatic N) is 1. The molecular weight excluding hydrogens is 222 g/mol. The number of aldehydes is 1. The van der Waals surface area contributed by atoms with Crippen LogP contribution in [0.15, 0.2) is 17.3 Å². The lowest BCUT2D eigenvalue weighted by Crippen LogP contribution is -2.08. The van der Waals surface area contributed by atoms with E-state index in [9.17, 15) is 4.79 Å². The van der Waals surface area contributed by atoms with E-state index in [0.717, 1.165) is 35.7 Å². The normalized spacial score (nSPS) is 19.9. The molecule has 0 aliphatic carbocycles. The van der Waals surface area contributed by atoms with Gasteiger partial charge in [-0.1, -0.05) is 0 Å². The van der Waals surface area contributed by atoms with E-state index in [2.05, 4.69) is 4.98 Å². The molecule has 1 aliphatic heterocycles. The summed E-state index contributed by atoms with van der Waals surface area (Å²) in [6, 6.07) is 1.87. The number of carbonyl (C=O) groups is 1. The largest absolute Gasteiger partial charge is 0.377 e. The standard InChI is InChI=1S/C12H15NO2S/c1-9-5-10(7-14)6-13-12(9)16-8-11-3-2-4-15-11/h5-7,11H,2-4,8H2,1H3. The summed E-state index contributed by atoms with van der Waals surface area (Å²) in [6.45, 7) is 2.87. The highest BCUT2D eigenvalue weighted by molar-refractivity contribution is 7.99. The molecule has 1 aromatic rings. The molecule has 16 heavy (non-hydrogen) atoms. The predicted molar refractivity (Wildman–Crippen MR) is 64.1 cm³/mol. The lowest BCUT2D eigenvalue weighted by Gasteiger charge is -2.09. The van der Waals surface area contributed by atoms with Crippen molar-refractivity contribution in [1.82, 2.24) is 4.98 Å². The zero-order chi connectivity index (χ0) is 11.4. The summed E-state index contributed by atoms with van der Waals surface area (Å²) in [5.41, 5.74) is 1.70. The maximum atomic E-state index is 10.6. The highest BCUT2D eigenvalue weighted by Crippen LogP contribution is 2.24. The first-order valence-corrected chi connectivity index (χ1v) is 6.44. The lowest BCUT2D eigenvalue weighted by molar-refractivity contribution is 0.112.